The maximum Gasteiger partial charge on any atom is 0.00123 e. The lowest BCUT2D eigenvalue weighted by molar-refractivity contribution is 0.174. The molecule has 2 atom stereocenters. The van der Waals surface area contributed by atoms with Gasteiger partial charge in [0.05, 0.1) is 0 Å². The predicted octanol–water partition coefficient (Wildman–Crippen LogP) is 1.96. The maximum absolute atomic E-state index is 3.47. The number of hydrogen-bond acceptors (Lipinski definition) is 2. The van der Waals surface area contributed by atoms with E-state index in [4.69, 9.17) is 0 Å². The summed E-state index contributed by atoms with van der Waals surface area (Å²) in [5, 5.41) is 3.47. The van der Waals surface area contributed by atoms with Crippen molar-refractivity contribution in [2.45, 2.75) is 33.1 Å². The van der Waals surface area contributed by atoms with Gasteiger partial charge < -0.3 is 10.2 Å². The second-order valence-corrected chi connectivity index (χ2v) is 5.52. The number of nitrogens with one attached hydrogen (secondary N) is 1. The molecule has 2 aliphatic rings. The molecule has 0 bridgehead atoms. The Morgan fingerprint density at radius 3 is 2.47 bits per heavy atom. The number of likely N-dealkylation sites (tertiary alicyclic amines) is 1. The van der Waals surface area contributed by atoms with Crippen LogP contribution in [0, 0.1) is 17.8 Å². The normalized spacial score (nSPS) is 33.2. The minimum absolute atomic E-state index is 0.942. The zero-order valence-corrected chi connectivity index (χ0v) is 10.3. The van der Waals surface area contributed by atoms with Gasteiger partial charge in [0, 0.05) is 6.54 Å². The number of hydrogen-bond donors (Lipinski definition) is 1. The molecule has 2 nitrogen and oxygen atoms in total. The molecule has 15 heavy (non-hydrogen) atoms. The van der Waals surface area contributed by atoms with E-state index in [1.54, 1.807) is 0 Å². The minimum Gasteiger partial charge on any atom is -0.317 e. The Morgan fingerprint density at radius 1 is 1.27 bits per heavy atom. The fourth-order valence-electron chi connectivity index (χ4n) is 2.71. The standard InChI is InChI=1S/C13H26N2/c1-3-14-9-12-4-6-15(7-5-12)10-13-8-11(13)2/h11-14H,3-10H2,1-2H3. The third-order valence-electron chi connectivity index (χ3n) is 4.16. The predicted molar refractivity (Wildman–Crippen MR) is 65.0 cm³/mol. The van der Waals surface area contributed by atoms with Gasteiger partial charge in [-0.2, -0.15) is 0 Å². The lowest BCUT2D eigenvalue weighted by atomic mass is 9.96. The zero-order chi connectivity index (χ0) is 10.7. The monoisotopic (exact) mass is 210 g/mol. The fraction of sp³-hybridized carbons (Fsp3) is 1.00. The van der Waals surface area contributed by atoms with Gasteiger partial charge in [-0.25, -0.2) is 0 Å². The van der Waals surface area contributed by atoms with E-state index >= 15 is 0 Å². The van der Waals surface area contributed by atoms with Gasteiger partial charge in [0.2, 0.25) is 0 Å². The van der Waals surface area contributed by atoms with Crippen LogP contribution in [0.1, 0.15) is 33.1 Å². The van der Waals surface area contributed by atoms with Gasteiger partial charge in [0.1, 0.15) is 0 Å². The minimum atomic E-state index is 0.942. The van der Waals surface area contributed by atoms with E-state index in [0.29, 0.717) is 0 Å². The van der Waals surface area contributed by atoms with Crippen LogP contribution in [0.2, 0.25) is 0 Å². The first kappa shape index (κ1) is 11.4. The van der Waals surface area contributed by atoms with E-state index in [1.807, 2.05) is 0 Å². The molecule has 2 unspecified atom stereocenters. The summed E-state index contributed by atoms with van der Waals surface area (Å²) < 4.78 is 0. The van der Waals surface area contributed by atoms with E-state index in [9.17, 15) is 0 Å². The van der Waals surface area contributed by atoms with Gasteiger partial charge in [-0.3, -0.25) is 0 Å². The highest BCUT2D eigenvalue weighted by Crippen LogP contribution is 2.38. The zero-order valence-electron chi connectivity index (χ0n) is 10.3. The molecule has 2 heteroatoms. The van der Waals surface area contributed by atoms with Crippen LogP contribution in [0.3, 0.4) is 0 Å². The summed E-state index contributed by atoms with van der Waals surface area (Å²) in [4.78, 5) is 2.69. The van der Waals surface area contributed by atoms with Crippen LogP contribution in [0.4, 0.5) is 0 Å². The molecule has 0 amide bonds. The van der Waals surface area contributed by atoms with Gasteiger partial charge in [-0.1, -0.05) is 13.8 Å². The van der Waals surface area contributed by atoms with Crippen molar-refractivity contribution in [2.75, 3.05) is 32.7 Å². The molecule has 1 saturated carbocycles. The van der Waals surface area contributed by atoms with Crippen molar-refractivity contribution in [2.24, 2.45) is 17.8 Å². The van der Waals surface area contributed by atoms with E-state index in [1.165, 1.54) is 45.4 Å². The molecule has 0 aromatic carbocycles. The highest BCUT2D eigenvalue weighted by molar-refractivity contribution is 4.86. The van der Waals surface area contributed by atoms with Gasteiger partial charge in [-0.05, 0) is 63.2 Å². The number of piperidine rings is 1. The van der Waals surface area contributed by atoms with Crippen molar-refractivity contribution in [1.82, 2.24) is 10.2 Å². The molecule has 1 aliphatic carbocycles. The van der Waals surface area contributed by atoms with Crippen molar-refractivity contribution in [3.63, 3.8) is 0 Å². The average molecular weight is 210 g/mol. The third kappa shape index (κ3) is 3.46. The SMILES string of the molecule is CCNCC1CCN(CC2CC2C)CC1. The summed E-state index contributed by atoms with van der Waals surface area (Å²) in [6, 6.07) is 0. The van der Waals surface area contributed by atoms with Crippen molar-refractivity contribution >= 4 is 0 Å². The van der Waals surface area contributed by atoms with Crippen molar-refractivity contribution in [1.29, 1.82) is 0 Å². The summed E-state index contributed by atoms with van der Waals surface area (Å²) in [7, 11) is 0. The fourth-order valence-corrected chi connectivity index (χ4v) is 2.71. The molecule has 0 radical (unpaired) electrons. The van der Waals surface area contributed by atoms with E-state index in [0.717, 1.165) is 24.3 Å². The molecule has 1 N–H and O–H groups in total. The van der Waals surface area contributed by atoms with Gasteiger partial charge in [0.15, 0.2) is 0 Å². The van der Waals surface area contributed by atoms with Crippen molar-refractivity contribution < 1.29 is 0 Å². The van der Waals surface area contributed by atoms with E-state index in [-0.39, 0.29) is 0 Å². The molecule has 0 aromatic rings. The summed E-state index contributed by atoms with van der Waals surface area (Å²) in [5.41, 5.74) is 0. The molecule has 2 rings (SSSR count). The summed E-state index contributed by atoms with van der Waals surface area (Å²) in [6.45, 7) is 11.0. The van der Waals surface area contributed by atoms with E-state index in [2.05, 4.69) is 24.1 Å². The first-order valence-corrected chi connectivity index (χ1v) is 6.72. The van der Waals surface area contributed by atoms with Crippen molar-refractivity contribution in [3.8, 4) is 0 Å². The molecule has 88 valence electrons. The van der Waals surface area contributed by atoms with Crippen LogP contribution in [0.15, 0.2) is 0 Å². The first-order valence-electron chi connectivity index (χ1n) is 6.72. The first-order chi connectivity index (χ1) is 7.29. The Labute approximate surface area is 94.4 Å². The summed E-state index contributed by atoms with van der Waals surface area (Å²) in [6.07, 6.45) is 4.31. The summed E-state index contributed by atoms with van der Waals surface area (Å²) >= 11 is 0. The number of nitrogens with zero attached hydrogens (tertiary/aromatic N) is 1. The third-order valence-corrected chi connectivity index (χ3v) is 4.16. The largest absolute Gasteiger partial charge is 0.317 e. The summed E-state index contributed by atoms with van der Waals surface area (Å²) in [5.74, 6) is 3.00. The Morgan fingerprint density at radius 2 is 1.93 bits per heavy atom. The second-order valence-electron chi connectivity index (χ2n) is 5.52. The second kappa shape index (κ2) is 5.31. The Balaban J connectivity index is 1.59. The highest BCUT2D eigenvalue weighted by atomic mass is 15.1. The van der Waals surface area contributed by atoms with Crippen LogP contribution in [0.5, 0.6) is 0 Å². The molecule has 0 spiro atoms. The molecule has 1 saturated heterocycles. The van der Waals surface area contributed by atoms with Crippen LogP contribution in [0.25, 0.3) is 0 Å². The molecular formula is C13H26N2. The quantitative estimate of drug-likeness (QED) is 0.746. The smallest absolute Gasteiger partial charge is 0.00123 e. The van der Waals surface area contributed by atoms with Crippen LogP contribution >= 0.6 is 0 Å². The Kier molecular flexibility index (Phi) is 4.04. The number of rotatable bonds is 5. The average Bonchev–Trinajstić information content (AvgIpc) is 2.93. The van der Waals surface area contributed by atoms with Crippen LogP contribution < -0.4 is 5.32 Å². The maximum atomic E-state index is 3.47. The van der Waals surface area contributed by atoms with Gasteiger partial charge in [0.25, 0.3) is 0 Å². The van der Waals surface area contributed by atoms with Crippen LogP contribution in [-0.4, -0.2) is 37.6 Å². The van der Waals surface area contributed by atoms with Gasteiger partial charge >= 0.3 is 0 Å². The molecular weight excluding hydrogens is 184 g/mol. The molecule has 1 heterocycles. The lowest BCUT2D eigenvalue weighted by Gasteiger charge is -2.32. The molecule has 1 aliphatic heterocycles. The highest BCUT2D eigenvalue weighted by Gasteiger charge is 2.34. The van der Waals surface area contributed by atoms with Crippen molar-refractivity contribution in [3.05, 3.63) is 0 Å². The molecule has 0 aromatic heterocycles. The Hall–Kier alpha value is -0.0800. The van der Waals surface area contributed by atoms with Gasteiger partial charge in [-0.15, -0.1) is 0 Å². The topological polar surface area (TPSA) is 15.3 Å². The lowest BCUT2D eigenvalue weighted by Crippen LogP contribution is -2.38. The molecule has 2 fully saturated rings. The van der Waals surface area contributed by atoms with E-state index < -0.39 is 0 Å². The Bertz CT molecular complexity index is 185. The van der Waals surface area contributed by atoms with Crippen LogP contribution in [-0.2, 0) is 0 Å².